The number of rotatable bonds is 2. The number of nitrogens with one attached hydrogen (secondary N) is 1. The second-order valence-corrected chi connectivity index (χ2v) is 7.72. The Morgan fingerprint density at radius 2 is 1.97 bits per heavy atom. The minimum Gasteiger partial charge on any atom is -0.384 e. The Morgan fingerprint density at radius 3 is 2.48 bits per heavy atom. The van der Waals surface area contributed by atoms with E-state index in [-0.39, 0.29) is 17.6 Å². The van der Waals surface area contributed by atoms with Crippen molar-refractivity contribution in [3.05, 3.63) is 53.5 Å². The molecule has 4 rings (SSSR count). The van der Waals surface area contributed by atoms with Gasteiger partial charge in [-0.3, -0.25) is 9.59 Å². The molecule has 7 heteroatoms. The molecule has 154 valence electrons. The van der Waals surface area contributed by atoms with Gasteiger partial charge in [-0.25, -0.2) is 9.37 Å². The van der Waals surface area contributed by atoms with Gasteiger partial charge in [0.25, 0.3) is 5.91 Å². The van der Waals surface area contributed by atoms with Crippen molar-refractivity contribution in [3.8, 4) is 0 Å². The number of amides is 2. The lowest BCUT2D eigenvalue weighted by atomic mass is 9.83. The highest BCUT2D eigenvalue weighted by Gasteiger charge is 2.43. The number of pyridine rings is 1. The highest BCUT2D eigenvalue weighted by Crippen LogP contribution is 2.45. The highest BCUT2D eigenvalue weighted by atomic mass is 19.1. The summed E-state index contributed by atoms with van der Waals surface area (Å²) in [4.78, 5) is 29.4. The SMILES string of the molecule is CNC(=O)c1ccc2c(c1)C[C@@H](C)[C@H](C1CC1)N2C(C)=O.Nc1ccc(F)cn1. The van der Waals surface area contributed by atoms with Crippen molar-refractivity contribution in [2.24, 2.45) is 11.8 Å². The Balaban J connectivity index is 0.000000252. The van der Waals surface area contributed by atoms with Gasteiger partial charge in [0, 0.05) is 31.3 Å². The molecule has 1 saturated carbocycles. The van der Waals surface area contributed by atoms with Crippen molar-refractivity contribution in [2.45, 2.75) is 39.2 Å². The summed E-state index contributed by atoms with van der Waals surface area (Å²) in [6.07, 6.45) is 4.47. The average molecular weight is 398 g/mol. The number of fused-ring (bicyclic) bond motifs is 1. The first-order valence-electron chi connectivity index (χ1n) is 9.83. The summed E-state index contributed by atoms with van der Waals surface area (Å²) >= 11 is 0. The zero-order chi connectivity index (χ0) is 21.1. The molecular formula is C22H27FN4O2. The Bertz CT molecular complexity index is 875. The summed E-state index contributed by atoms with van der Waals surface area (Å²) in [5.41, 5.74) is 7.91. The third-order valence-electron chi connectivity index (χ3n) is 5.45. The normalized spacial score (nSPS) is 20.2. The Labute approximate surface area is 170 Å². The molecule has 1 aliphatic carbocycles. The van der Waals surface area contributed by atoms with Crippen molar-refractivity contribution >= 4 is 23.3 Å². The van der Waals surface area contributed by atoms with Gasteiger partial charge in [-0.2, -0.15) is 0 Å². The van der Waals surface area contributed by atoms with Gasteiger partial charge in [-0.05, 0) is 67.0 Å². The van der Waals surface area contributed by atoms with Gasteiger partial charge in [0.15, 0.2) is 0 Å². The summed E-state index contributed by atoms with van der Waals surface area (Å²) in [6.45, 7) is 3.86. The van der Waals surface area contributed by atoms with Crippen LogP contribution in [0.3, 0.4) is 0 Å². The first-order valence-corrected chi connectivity index (χ1v) is 9.83. The molecule has 2 aliphatic rings. The number of benzene rings is 1. The number of carbonyl (C=O) groups is 2. The molecule has 6 nitrogen and oxygen atoms in total. The molecular weight excluding hydrogens is 371 g/mol. The molecule has 2 heterocycles. The lowest BCUT2D eigenvalue weighted by Crippen LogP contribution is -2.48. The maximum atomic E-state index is 12.2. The number of nitrogen functional groups attached to an aromatic ring is 1. The van der Waals surface area contributed by atoms with Gasteiger partial charge >= 0.3 is 0 Å². The van der Waals surface area contributed by atoms with Crippen molar-refractivity contribution < 1.29 is 14.0 Å². The minimum atomic E-state index is -0.362. The molecule has 29 heavy (non-hydrogen) atoms. The predicted molar refractivity (Wildman–Crippen MR) is 111 cm³/mol. The van der Waals surface area contributed by atoms with Crippen LogP contribution in [0.2, 0.25) is 0 Å². The fourth-order valence-corrected chi connectivity index (χ4v) is 4.03. The predicted octanol–water partition coefficient (Wildman–Crippen LogP) is 3.17. The van der Waals surface area contributed by atoms with Gasteiger partial charge in [0.1, 0.15) is 11.6 Å². The van der Waals surface area contributed by atoms with Crippen LogP contribution >= 0.6 is 0 Å². The Morgan fingerprint density at radius 1 is 1.24 bits per heavy atom. The number of nitrogens with two attached hydrogens (primary N) is 1. The van der Waals surface area contributed by atoms with E-state index < -0.39 is 0 Å². The molecule has 0 unspecified atom stereocenters. The van der Waals surface area contributed by atoms with Gasteiger partial charge in [0.05, 0.1) is 6.20 Å². The zero-order valence-corrected chi connectivity index (χ0v) is 17.0. The van der Waals surface area contributed by atoms with E-state index in [0.29, 0.717) is 29.3 Å². The van der Waals surface area contributed by atoms with Crippen LogP contribution in [0.25, 0.3) is 0 Å². The number of carbonyl (C=O) groups excluding carboxylic acids is 2. The summed E-state index contributed by atoms with van der Waals surface area (Å²) in [5, 5.41) is 2.65. The summed E-state index contributed by atoms with van der Waals surface area (Å²) in [6, 6.07) is 8.68. The van der Waals surface area contributed by atoms with Crippen molar-refractivity contribution in [2.75, 3.05) is 17.7 Å². The Hall–Kier alpha value is -2.96. The lowest BCUT2D eigenvalue weighted by Gasteiger charge is -2.41. The molecule has 1 aromatic carbocycles. The van der Waals surface area contributed by atoms with Crippen LogP contribution < -0.4 is 16.0 Å². The fraction of sp³-hybridized carbons (Fsp3) is 0.409. The van der Waals surface area contributed by atoms with Crippen LogP contribution in [0.1, 0.15) is 42.6 Å². The third-order valence-corrected chi connectivity index (χ3v) is 5.45. The van der Waals surface area contributed by atoms with Crippen LogP contribution in [-0.2, 0) is 11.2 Å². The van der Waals surface area contributed by atoms with E-state index in [9.17, 15) is 14.0 Å². The molecule has 1 fully saturated rings. The smallest absolute Gasteiger partial charge is 0.251 e. The largest absolute Gasteiger partial charge is 0.384 e. The number of halogens is 1. The van der Waals surface area contributed by atoms with Crippen LogP contribution in [-0.4, -0.2) is 29.9 Å². The standard InChI is InChI=1S/C17H22N2O2.C5H5FN2/c1-10-8-14-9-13(17(21)18-3)6-7-15(14)19(11(2)20)16(10)12-4-5-12;6-4-1-2-5(7)8-3-4/h6-7,9-10,12,16H,4-5,8H2,1-3H3,(H,18,21);1-3H,(H2,7,8)/t10-,16-;/m1./s1. The number of nitrogens with zero attached hydrogens (tertiary/aromatic N) is 2. The quantitative estimate of drug-likeness (QED) is 0.813. The second kappa shape index (κ2) is 8.59. The molecule has 0 spiro atoms. The fourth-order valence-electron chi connectivity index (χ4n) is 4.03. The molecule has 2 amide bonds. The molecule has 0 saturated heterocycles. The zero-order valence-electron chi connectivity index (χ0n) is 17.0. The molecule has 2 aromatic rings. The van der Waals surface area contributed by atoms with Crippen LogP contribution in [0.5, 0.6) is 0 Å². The first kappa shape index (κ1) is 20.8. The average Bonchev–Trinajstić information content (AvgIpc) is 3.53. The summed E-state index contributed by atoms with van der Waals surface area (Å²) in [7, 11) is 1.63. The van der Waals surface area contributed by atoms with E-state index in [0.717, 1.165) is 23.9 Å². The highest BCUT2D eigenvalue weighted by molar-refractivity contribution is 5.97. The minimum absolute atomic E-state index is 0.0795. The van der Waals surface area contributed by atoms with E-state index in [1.54, 1.807) is 14.0 Å². The summed E-state index contributed by atoms with van der Waals surface area (Å²) < 4.78 is 12.0. The maximum absolute atomic E-state index is 12.2. The van der Waals surface area contributed by atoms with E-state index in [2.05, 4.69) is 17.2 Å². The molecule has 1 aromatic heterocycles. The van der Waals surface area contributed by atoms with Crippen molar-refractivity contribution in [1.82, 2.24) is 10.3 Å². The van der Waals surface area contributed by atoms with Crippen molar-refractivity contribution in [3.63, 3.8) is 0 Å². The maximum Gasteiger partial charge on any atom is 0.251 e. The monoisotopic (exact) mass is 398 g/mol. The van der Waals surface area contributed by atoms with E-state index in [4.69, 9.17) is 5.73 Å². The Kier molecular flexibility index (Phi) is 6.15. The molecule has 0 bridgehead atoms. The number of anilines is 2. The topological polar surface area (TPSA) is 88.3 Å². The number of aromatic nitrogens is 1. The molecule has 2 atom stereocenters. The summed E-state index contributed by atoms with van der Waals surface area (Å²) in [5.74, 6) is 1.09. The van der Waals surface area contributed by atoms with Crippen molar-refractivity contribution in [1.29, 1.82) is 0 Å². The molecule has 0 radical (unpaired) electrons. The van der Waals surface area contributed by atoms with E-state index >= 15 is 0 Å². The molecule has 3 N–H and O–H groups in total. The van der Waals surface area contributed by atoms with Gasteiger partial charge < -0.3 is 16.0 Å². The van der Waals surface area contributed by atoms with E-state index in [1.807, 2.05) is 23.1 Å². The van der Waals surface area contributed by atoms with Crippen LogP contribution in [0, 0.1) is 17.7 Å². The van der Waals surface area contributed by atoms with Gasteiger partial charge in [0.2, 0.25) is 5.91 Å². The molecule has 1 aliphatic heterocycles. The second-order valence-electron chi connectivity index (χ2n) is 7.72. The van der Waals surface area contributed by atoms with Crippen LogP contribution in [0.4, 0.5) is 15.9 Å². The number of hydrogen-bond donors (Lipinski definition) is 2. The van der Waals surface area contributed by atoms with Gasteiger partial charge in [-0.15, -0.1) is 0 Å². The number of hydrogen-bond acceptors (Lipinski definition) is 4. The third kappa shape index (κ3) is 4.72. The van der Waals surface area contributed by atoms with Gasteiger partial charge in [-0.1, -0.05) is 6.92 Å². The van der Waals surface area contributed by atoms with E-state index in [1.165, 1.54) is 25.0 Å². The lowest BCUT2D eigenvalue weighted by molar-refractivity contribution is -0.117. The van der Waals surface area contributed by atoms with Crippen LogP contribution in [0.15, 0.2) is 36.5 Å². The first-order chi connectivity index (χ1) is 13.8.